The van der Waals surface area contributed by atoms with Crippen LogP contribution in [0.2, 0.25) is 0 Å². The first-order chi connectivity index (χ1) is 11.6. The zero-order chi connectivity index (χ0) is 17.1. The number of hydrogen-bond acceptors (Lipinski definition) is 4. The van der Waals surface area contributed by atoms with E-state index in [-0.39, 0.29) is 23.6 Å². The number of benzene rings is 1. The number of carbonyl (C=O) groups is 2. The van der Waals surface area contributed by atoms with E-state index in [0.717, 1.165) is 6.42 Å². The summed E-state index contributed by atoms with van der Waals surface area (Å²) >= 11 is 0. The monoisotopic (exact) mass is 327 g/mol. The smallest absolute Gasteiger partial charge is 0.259 e. The minimum Gasteiger partial charge on any atom is -0.355 e. The third-order valence-electron chi connectivity index (χ3n) is 3.60. The second-order valence-corrected chi connectivity index (χ2v) is 5.32. The molecule has 0 aliphatic heterocycles. The van der Waals surface area contributed by atoms with Crippen molar-refractivity contribution in [3.05, 3.63) is 46.4 Å². The van der Waals surface area contributed by atoms with Gasteiger partial charge in [-0.25, -0.2) is 4.52 Å². The van der Waals surface area contributed by atoms with Gasteiger partial charge in [0.25, 0.3) is 11.5 Å². The summed E-state index contributed by atoms with van der Waals surface area (Å²) in [5.41, 5.74) is 0.815. The Morgan fingerprint density at radius 2 is 2.04 bits per heavy atom. The first-order valence-corrected chi connectivity index (χ1v) is 7.65. The highest BCUT2D eigenvalue weighted by Crippen LogP contribution is 2.13. The number of carbonyl (C=O) groups excluding carboxylic acids is 2. The number of rotatable bonds is 5. The number of nitrogens with one attached hydrogen (secondary N) is 3. The zero-order valence-corrected chi connectivity index (χ0v) is 13.1. The Morgan fingerprint density at radius 3 is 2.83 bits per heavy atom. The molecular formula is C16H17N5O3. The van der Waals surface area contributed by atoms with Gasteiger partial charge in [0.2, 0.25) is 5.91 Å². The first-order valence-electron chi connectivity index (χ1n) is 7.65. The minimum atomic E-state index is -0.470. The molecule has 0 saturated heterocycles. The van der Waals surface area contributed by atoms with E-state index in [1.807, 2.05) is 6.92 Å². The van der Waals surface area contributed by atoms with Crippen molar-refractivity contribution in [3.63, 3.8) is 0 Å². The molecule has 0 fully saturated rings. The highest BCUT2D eigenvalue weighted by molar-refractivity contribution is 6.01. The molecule has 0 radical (unpaired) electrons. The van der Waals surface area contributed by atoms with Gasteiger partial charge in [-0.3, -0.25) is 14.4 Å². The minimum absolute atomic E-state index is 0.131. The number of amides is 2. The molecule has 0 spiro atoms. The third kappa shape index (κ3) is 2.85. The molecule has 0 saturated carbocycles. The van der Waals surface area contributed by atoms with Gasteiger partial charge in [-0.1, -0.05) is 19.1 Å². The normalized spacial score (nSPS) is 10.9. The fourth-order valence-corrected chi connectivity index (χ4v) is 2.43. The number of H-pyrrole nitrogens is 1. The highest BCUT2D eigenvalue weighted by Gasteiger charge is 2.16. The quantitative estimate of drug-likeness (QED) is 0.631. The molecular weight excluding hydrogens is 310 g/mol. The molecule has 1 aromatic carbocycles. The van der Waals surface area contributed by atoms with Gasteiger partial charge in [0.05, 0.1) is 23.6 Å². The molecule has 0 aliphatic carbocycles. The first kappa shape index (κ1) is 15.7. The molecule has 0 aliphatic rings. The summed E-state index contributed by atoms with van der Waals surface area (Å²) in [6.07, 6.45) is 2.19. The number of hydrogen-bond donors (Lipinski definition) is 3. The van der Waals surface area contributed by atoms with Crippen LogP contribution in [0.4, 0.5) is 0 Å². The SMILES string of the molecule is CCCNC(=O)CNC(=O)c1cnn2c1[nH]c(=O)c1ccccc12. The van der Waals surface area contributed by atoms with Gasteiger partial charge >= 0.3 is 0 Å². The second kappa shape index (κ2) is 6.53. The lowest BCUT2D eigenvalue weighted by Crippen LogP contribution is -2.37. The topological polar surface area (TPSA) is 108 Å². The van der Waals surface area contributed by atoms with Crippen LogP contribution in [0.25, 0.3) is 16.6 Å². The van der Waals surface area contributed by atoms with Gasteiger partial charge in [0.1, 0.15) is 11.2 Å². The molecule has 3 aromatic rings. The molecule has 2 aromatic heterocycles. The van der Waals surface area contributed by atoms with Crippen LogP contribution in [-0.4, -0.2) is 39.5 Å². The lowest BCUT2D eigenvalue weighted by Gasteiger charge is -2.05. The maximum atomic E-state index is 12.3. The van der Waals surface area contributed by atoms with Crippen molar-refractivity contribution in [2.75, 3.05) is 13.1 Å². The van der Waals surface area contributed by atoms with Crippen LogP contribution in [0, 0.1) is 0 Å². The molecule has 0 atom stereocenters. The lowest BCUT2D eigenvalue weighted by molar-refractivity contribution is -0.120. The Morgan fingerprint density at radius 1 is 1.25 bits per heavy atom. The molecule has 0 bridgehead atoms. The Hall–Kier alpha value is -3.16. The van der Waals surface area contributed by atoms with E-state index < -0.39 is 5.91 Å². The van der Waals surface area contributed by atoms with Crippen molar-refractivity contribution in [1.82, 2.24) is 25.2 Å². The standard InChI is InChI=1S/C16H17N5O3/c1-2-7-17-13(22)9-18-15(23)11-8-19-21-12-6-4-3-5-10(12)16(24)20-14(11)21/h3-6,8H,2,7,9H2,1H3,(H,17,22)(H,18,23)(H,20,24). The van der Waals surface area contributed by atoms with Crippen molar-refractivity contribution in [3.8, 4) is 0 Å². The number of nitrogens with zero attached hydrogens (tertiary/aromatic N) is 2. The van der Waals surface area contributed by atoms with Gasteiger partial charge in [-0.2, -0.15) is 5.10 Å². The molecule has 2 amide bonds. The van der Waals surface area contributed by atoms with Gasteiger partial charge in [-0.15, -0.1) is 0 Å². The van der Waals surface area contributed by atoms with Crippen molar-refractivity contribution >= 4 is 28.4 Å². The van der Waals surface area contributed by atoms with Crippen LogP contribution < -0.4 is 16.2 Å². The lowest BCUT2D eigenvalue weighted by atomic mass is 10.2. The van der Waals surface area contributed by atoms with Crippen LogP contribution in [0.1, 0.15) is 23.7 Å². The fourth-order valence-electron chi connectivity index (χ4n) is 2.43. The summed E-state index contributed by atoms with van der Waals surface area (Å²) < 4.78 is 1.50. The van der Waals surface area contributed by atoms with Crippen molar-refractivity contribution in [2.45, 2.75) is 13.3 Å². The summed E-state index contributed by atoms with van der Waals surface area (Å²) in [5, 5.41) is 9.85. The Bertz CT molecular complexity index is 973. The van der Waals surface area contributed by atoms with Gasteiger partial charge in [0.15, 0.2) is 0 Å². The van der Waals surface area contributed by atoms with Crippen LogP contribution in [0.3, 0.4) is 0 Å². The Balaban J connectivity index is 1.89. The van der Waals surface area contributed by atoms with Crippen LogP contribution in [-0.2, 0) is 4.79 Å². The van der Waals surface area contributed by atoms with E-state index in [0.29, 0.717) is 23.1 Å². The molecule has 124 valence electrons. The van der Waals surface area contributed by atoms with E-state index >= 15 is 0 Å². The molecule has 24 heavy (non-hydrogen) atoms. The number of fused-ring (bicyclic) bond motifs is 3. The summed E-state index contributed by atoms with van der Waals surface area (Å²) in [4.78, 5) is 38.7. The predicted octanol–water partition coefficient (Wildman–Crippen LogP) is 0.432. The van der Waals surface area contributed by atoms with Crippen LogP contribution in [0.15, 0.2) is 35.3 Å². The molecule has 8 heteroatoms. The number of para-hydroxylation sites is 1. The van der Waals surface area contributed by atoms with Gasteiger partial charge in [-0.05, 0) is 18.6 Å². The number of aromatic amines is 1. The highest BCUT2D eigenvalue weighted by atomic mass is 16.2. The average molecular weight is 327 g/mol. The summed E-state index contributed by atoms with van der Waals surface area (Å²) in [6, 6.07) is 6.99. The second-order valence-electron chi connectivity index (χ2n) is 5.32. The van der Waals surface area contributed by atoms with Crippen LogP contribution in [0.5, 0.6) is 0 Å². The summed E-state index contributed by atoms with van der Waals surface area (Å²) in [6.45, 7) is 2.37. The number of aromatic nitrogens is 3. The molecule has 2 heterocycles. The summed E-state index contributed by atoms with van der Waals surface area (Å²) in [7, 11) is 0. The van der Waals surface area contributed by atoms with Crippen molar-refractivity contribution in [1.29, 1.82) is 0 Å². The fraction of sp³-hybridized carbons (Fsp3) is 0.250. The molecule has 0 unspecified atom stereocenters. The Kier molecular flexibility index (Phi) is 4.28. The maximum absolute atomic E-state index is 12.3. The predicted molar refractivity (Wildman–Crippen MR) is 89.0 cm³/mol. The van der Waals surface area contributed by atoms with E-state index in [1.54, 1.807) is 24.3 Å². The van der Waals surface area contributed by atoms with Gasteiger partial charge in [0, 0.05) is 6.54 Å². The average Bonchev–Trinajstić information content (AvgIpc) is 3.02. The maximum Gasteiger partial charge on any atom is 0.259 e. The van der Waals surface area contributed by atoms with Crippen molar-refractivity contribution < 1.29 is 9.59 Å². The van der Waals surface area contributed by atoms with E-state index in [1.165, 1.54) is 10.7 Å². The van der Waals surface area contributed by atoms with Crippen molar-refractivity contribution in [2.24, 2.45) is 0 Å². The molecule has 3 rings (SSSR count). The van der Waals surface area contributed by atoms with E-state index in [2.05, 4.69) is 20.7 Å². The summed E-state index contributed by atoms with van der Waals surface area (Å²) in [5.74, 6) is -0.733. The van der Waals surface area contributed by atoms with E-state index in [9.17, 15) is 14.4 Å². The zero-order valence-electron chi connectivity index (χ0n) is 13.1. The van der Waals surface area contributed by atoms with Gasteiger partial charge < -0.3 is 15.6 Å². The molecule has 8 nitrogen and oxygen atoms in total. The third-order valence-corrected chi connectivity index (χ3v) is 3.60. The largest absolute Gasteiger partial charge is 0.355 e. The van der Waals surface area contributed by atoms with E-state index in [4.69, 9.17) is 0 Å². The Labute approximate surface area is 136 Å². The van der Waals surface area contributed by atoms with Crippen LogP contribution >= 0.6 is 0 Å². The molecule has 3 N–H and O–H groups in total.